The zero-order chi connectivity index (χ0) is 30.9. The van der Waals surface area contributed by atoms with Gasteiger partial charge in [0, 0.05) is 25.4 Å². The fraction of sp³-hybridized carbons (Fsp3) is 0.714. The third-order valence-electron chi connectivity index (χ3n) is 9.39. The van der Waals surface area contributed by atoms with Crippen LogP contribution in [0.1, 0.15) is 78.6 Å². The van der Waals surface area contributed by atoms with E-state index >= 15 is 0 Å². The first-order valence-corrected chi connectivity index (χ1v) is 20.4. The van der Waals surface area contributed by atoms with E-state index in [2.05, 4.69) is 68.5 Å². The van der Waals surface area contributed by atoms with Gasteiger partial charge in [0.15, 0.2) is 20.9 Å². The molecule has 2 saturated heterocycles. The number of hydrogen-bond donors (Lipinski definition) is 0. The molecule has 0 N–H and O–H groups in total. The lowest BCUT2D eigenvalue weighted by atomic mass is 9.87. The van der Waals surface area contributed by atoms with Gasteiger partial charge in [-0.3, -0.25) is 0 Å². The number of benzene rings is 1. The summed E-state index contributed by atoms with van der Waals surface area (Å²) in [6.45, 7) is 13.6. The predicted molar refractivity (Wildman–Crippen MR) is 183 cm³/mol. The molecule has 8 heteroatoms. The SMILES string of the molecule is C#C[C@@H](I)C[C@H]1[C@H](/C(=C\CCOc2ccccc2)OC2CCCCO2)[C@@H](OC2CCCCO2)C[C@H]1O[Si](C)(C)C(C)(C)C. The van der Waals surface area contributed by atoms with Crippen LogP contribution in [0.3, 0.4) is 0 Å². The second-order valence-electron chi connectivity index (χ2n) is 13.7. The molecule has 0 aromatic heterocycles. The van der Waals surface area contributed by atoms with Gasteiger partial charge in [-0.25, -0.2) is 0 Å². The molecule has 2 aliphatic heterocycles. The van der Waals surface area contributed by atoms with Crippen molar-refractivity contribution in [2.24, 2.45) is 11.8 Å². The van der Waals surface area contributed by atoms with E-state index in [0.717, 1.165) is 76.1 Å². The molecule has 1 saturated carbocycles. The van der Waals surface area contributed by atoms with Crippen LogP contribution in [-0.4, -0.2) is 56.9 Å². The van der Waals surface area contributed by atoms with Crippen LogP contribution in [0.2, 0.25) is 18.1 Å². The minimum absolute atomic E-state index is 0.0185. The molecule has 240 valence electrons. The van der Waals surface area contributed by atoms with Crippen LogP contribution in [0.15, 0.2) is 42.2 Å². The first-order chi connectivity index (χ1) is 20.6. The van der Waals surface area contributed by atoms with Crippen molar-refractivity contribution >= 4 is 30.9 Å². The van der Waals surface area contributed by atoms with Crippen molar-refractivity contribution in [3.05, 3.63) is 42.2 Å². The highest BCUT2D eigenvalue weighted by molar-refractivity contribution is 14.1. The minimum Gasteiger partial charge on any atom is -0.493 e. The van der Waals surface area contributed by atoms with Crippen LogP contribution >= 0.6 is 22.6 Å². The summed E-state index contributed by atoms with van der Waals surface area (Å²) in [5, 5.41) is 0.0915. The van der Waals surface area contributed by atoms with E-state index in [1.165, 1.54) is 0 Å². The van der Waals surface area contributed by atoms with Crippen LogP contribution in [0.5, 0.6) is 5.75 Å². The molecule has 0 bridgehead atoms. The Morgan fingerprint density at radius 2 is 1.72 bits per heavy atom. The third-order valence-corrected chi connectivity index (χ3v) is 14.8. The van der Waals surface area contributed by atoms with Crippen molar-refractivity contribution in [2.75, 3.05) is 19.8 Å². The maximum atomic E-state index is 7.20. The summed E-state index contributed by atoms with van der Waals surface area (Å²) in [6, 6.07) is 9.96. The summed E-state index contributed by atoms with van der Waals surface area (Å²) in [6.07, 6.45) is 16.2. The molecule has 0 spiro atoms. The van der Waals surface area contributed by atoms with Gasteiger partial charge in [0.1, 0.15) is 11.5 Å². The lowest BCUT2D eigenvalue weighted by Crippen LogP contribution is -2.45. The number of alkyl halides is 1. The van der Waals surface area contributed by atoms with Crippen molar-refractivity contribution in [3.63, 3.8) is 0 Å². The summed E-state index contributed by atoms with van der Waals surface area (Å²) in [5.41, 5.74) is 0. The largest absolute Gasteiger partial charge is 0.493 e. The zero-order valence-electron chi connectivity index (χ0n) is 26.9. The molecule has 1 aromatic rings. The molecule has 2 heterocycles. The van der Waals surface area contributed by atoms with Crippen molar-refractivity contribution < 1.29 is 28.1 Å². The highest BCUT2D eigenvalue weighted by atomic mass is 127. The number of rotatable bonds is 13. The Kier molecular flexibility index (Phi) is 13.3. The van der Waals surface area contributed by atoms with Crippen LogP contribution in [0.4, 0.5) is 0 Å². The fourth-order valence-corrected chi connectivity index (χ4v) is 7.98. The van der Waals surface area contributed by atoms with E-state index in [1.807, 2.05) is 30.3 Å². The van der Waals surface area contributed by atoms with Crippen LogP contribution in [0.25, 0.3) is 0 Å². The van der Waals surface area contributed by atoms with Gasteiger partial charge in [-0.2, -0.15) is 0 Å². The van der Waals surface area contributed by atoms with Crippen LogP contribution in [0, 0.1) is 24.2 Å². The van der Waals surface area contributed by atoms with E-state index in [9.17, 15) is 0 Å². The summed E-state index contributed by atoms with van der Waals surface area (Å²) in [7, 11) is -2.08. The normalized spacial score (nSPS) is 29.6. The maximum Gasteiger partial charge on any atom is 0.199 e. The van der Waals surface area contributed by atoms with E-state index in [4.69, 9.17) is 34.5 Å². The predicted octanol–water partition coefficient (Wildman–Crippen LogP) is 8.65. The molecule has 1 aliphatic carbocycles. The first-order valence-electron chi connectivity index (χ1n) is 16.3. The van der Waals surface area contributed by atoms with Crippen LogP contribution < -0.4 is 4.74 Å². The Morgan fingerprint density at radius 1 is 1.05 bits per heavy atom. The summed E-state index contributed by atoms with van der Waals surface area (Å²) < 4.78 is 39.2. The minimum atomic E-state index is -2.08. The summed E-state index contributed by atoms with van der Waals surface area (Å²) >= 11 is 2.40. The first kappa shape index (κ1) is 34.8. The second kappa shape index (κ2) is 16.5. The molecular weight excluding hydrogens is 671 g/mol. The Labute approximate surface area is 275 Å². The summed E-state index contributed by atoms with van der Waals surface area (Å²) in [5.74, 6) is 4.90. The van der Waals surface area contributed by atoms with Gasteiger partial charge in [-0.1, -0.05) is 67.5 Å². The number of hydrogen-bond acceptors (Lipinski definition) is 6. The van der Waals surface area contributed by atoms with Gasteiger partial charge < -0.3 is 28.1 Å². The Morgan fingerprint density at radius 3 is 2.33 bits per heavy atom. The van der Waals surface area contributed by atoms with Gasteiger partial charge in [-0.05, 0) is 87.2 Å². The third kappa shape index (κ3) is 10.2. The van der Waals surface area contributed by atoms with E-state index in [0.29, 0.717) is 13.0 Å². The number of para-hydroxylation sites is 1. The number of halogens is 1. The van der Waals surface area contributed by atoms with E-state index in [-0.39, 0.29) is 45.6 Å². The molecule has 2 unspecified atom stereocenters. The van der Waals surface area contributed by atoms with Crippen molar-refractivity contribution in [3.8, 4) is 18.1 Å². The molecule has 3 aliphatic rings. The quantitative estimate of drug-likeness (QED) is 0.0507. The number of terminal acetylenes is 1. The smallest absolute Gasteiger partial charge is 0.199 e. The Bertz CT molecular complexity index is 1040. The molecule has 3 fully saturated rings. The van der Waals surface area contributed by atoms with Crippen LogP contribution in [-0.2, 0) is 23.4 Å². The number of ether oxygens (including phenoxy) is 5. The van der Waals surface area contributed by atoms with Crippen molar-refractivity contribution in [1.82, 2.24) is 0 Å². The maximum absolute atomic E-state index is 7.20. The molecule has 0 amide bonds. The Hall–Kier alpha value is -1.09. The van der Waals surface area contributed by atoms with Gasteiger partial charge >= 0.3 is 0 Å². The standard InChI is InChI=1S/C35H53IO6Si/c1-7-26(36)24-28-30(42-43(5,6)35(2,3)4)25-31(41-33-20-12-14-22-39-33)34(28)29(40-32-19-11-13-21-38-32)18-15-23-37-27-16-9-8-10-17-27/h1,8-10,16-18,26,28,30-34H,11-15,19-25H2,2-6H3/b29-18+/t26-,28-,30-,31+,32?,33?,34-/m1/s1. The molecule has 7 atom stereocenters. The summed E-state index contributed by atoms with van der Waals surface area (Å²) in [4.78, 5) is 0. The monoisotopic (exact) mass is 724 g/mol. The topological polar surface area (TPSA) is 55.4 Å². The molecule has 4 rings (SSSR count). The van der Waals surface area contributed by atoms with Gasteiger partial charge in [0.05, 0.1) is 29.3 Å². The average molecular weight is 725 g/mol. The highest BCUT2D eigenvalue weighted by Gasteiger charge is 2.52. The Balaban J connectivity index is 1.66. The fourth-order valence-electron chi connectivity index (χ4n) is 6.01. The van der Waals surface area contributed by atoms with E-state index in [1.54, 1.807) is 0 Å². The lowest BCUT2D eigenvalue weighted by molar-refractivity contribution is -0.201. The van der Waals surface area contributed by atoms with Crippen molar-refractivity contribution in [1.29, 1.82) is 0 Å². The average Bonchev–Trinajstić information content (AvgIpc) is 3.30. The second-order valence-corrected chi connectivity index (χ2v) is 19.9. The highest BCUT2D eigenvalue weighted by Crippen LogP contribution is 2.49. The molecule has 0 radical (unpaired) electrons. The molecule has 6 nitrogen and oxygen atoms in total. The molecule has 1 aromatic carbocycles. The zero-order valence-corrected chi connectivity index (χ0v) is 30.1. The van der Waals surface area contributed by atoms with Crippen molar-refractivity contribution in [2.45, 2.75) is 125 Å². The van der Waals surface area contributed by atoms with E-state index < -0.39 is 8.32 Å². The van der Waals surface area contributed by atoms with Gasteiger partial charge in [-0.15, -0.1) is 6.42 Å². The van der Waals surface area contributed by atoms with Gasteiger partial charge in [0.2, 0.25) is 0 Å². The lowest BCUT2D eigenvalue weighted by Gasteiger charge is -2.40. The van der Waals surface area contributed by atoms with Gasteiger partial charge in [0.25, 0.3) is 0 Å². The molecule has 43 heavy (non-hydrogen) atoms. The molecular formula is C35H53IO6Si.